The Balaban J connectivity index is 2.15. The zero-order chi connectivity index (χ0) is 14.3. The van der Waals surface area contributed by atoms with Crippen molar-refractivity contribution in [3.05, 3.63) is 29.6 Å². The lowest BCUT2D eigenvalue weighted by Gasteiger charge is -2.33. The van der Waals surface area contributed by atoms with Gasteiger partial charge >= 0.3 is 5.97 Å². The normalized spacial score (nSPS) is 17.1. The highest BCUT2D eigenvalue weighted by Gasteiger charge is 2.27. The molecule has 0 radical (unpaired) electrons. The molecule has 3 rings (SSSR count). The lowest BCUT2D eigenvalue weighted by Crippen LogP contribution is -2.24. The number of carboxylic acids is 1. The third kappa shape index (κ3) is 1.99. The number of fused-ring (bicyclic) bond motifs is 1. The molecule has 1 saturated carbocycles. The van der Waals surface area contributed by atoms with Crippen LogP contribution in [0.4, 0.5) is 0 Å². The molecule has 1 unspecified atom stereocenters. The fraction of sp³-hybridized carbons (Fsp3) is 0.500. The van der Waals surface area contributed by atoms with Crippen molar-refractivity contribution in [1.29, 1.82) is 0 Å². The number of benzene rings is 1. The fourth-order valence-corrected chi connectivity index (χ4v) is 3.11. The molecule has 106 valence electrons. The molecule has 1 aromatic heterocycles. The molecule has 2 aromatic rings. The van der Waals surface area contributed by atoms with Crippen LogP contribution in [0.1, 0.15) is 55.3 Å². The first-order chi connectivity index (χ1) is 9.61. The summed E-state index contributed by atoms with van der Waals surface area (Å²) >= 11 is 0. The quantitative estimate of drug-likeness (QED) is 0.924. The topological polar surface area (TPSA) is 55.1 Å². The largest absolute Gasteiger partial charge is 0.478 e. The second kappa shape index (κ2) is 4.93. The van der Waals surface area contributed by atoms with Crippen molar-refractivity contribution in [1.82, 2.24) is 9.55 Å². The first-order valence-electron chi connectivity index (χ1n) is 7.36. The minimum Gasteiger partial charge on any atom is -0.478 e. The van der Waals surface area contributed by atoms with Crippen LogP contribution in [-0.4, -0.2) is 20.6 Å². The molecule has 1 atom stereocenters. The van der Waals surface area contributed by atoms with Gasteiger partial charge in [0.15, 0.2) is 0 Å². The van der Waals surface area contributed by atoms with Crippen LogP contribution < -0.4 is 0 Å². The zero-order valence-electron chi connectivity index (χ0n) is 12.0. The smallest absolute Gasteiger partial charge is 0.335 e. The van der Waals surface area contributed by atoms with E-state index >= 15 is 0 Å². The van der Waals surface area contributed by atoms with Crippen LogP contribution in [0.15, 0.2) is 18.2 Å². The van der Waals surface area contributed by atoms with Crippen molar-refractivity contribution in [2.75, 3.05) is 0 Å². The Hall–Kier alpha value is -1.84. The van der Waals surface area contributed by atoms with Gasteiger partial charge in [-0.05, 0) is 43.9 Å². The van der Waals surface area contributed by atoms with Crippen LogP contribution in [-0.2, 0) is 6.42 Å². The molecular formula is C16H20N2O2. The molecule has 0 saturated heterocycles. The maximum atomic E-state index is 11.2. The number of aryl methyl sites for hydroxylation is 1. The summed E-state index contributed by atoms with van der Waals surface area (Å²) in [5.41, 5.74) is 2.20. The van der Waals surface area contributed by atoms with Gasteiger partial charge in [0, 0.05) is 12.5 Å². The van der Waals surface area contributed by atoms with E-state index in [0.717, 1.165) is 23.3 Å². The van der Waals surface area contributed by atoms with Gasteiger partial charge in [0.05, 0.1) is 16.6 Å². The van der Waals surface area contributed by atoms with Gasteiger partial charge in [-0.3, -0.25) is 0 Å². The third-order valence-corrected chi connectivity index (χ3v) is 4.57. The number of rotatable bonds is 4. The van der Waals surface area contributed by atoms with Crippen LogP contribution in [0, 0.1) is 5.92 Å². The van der Waals surface area contributed by atoms with E-state index in [-0.39, 0.29) is 0 Å². The molecule has 1 N–H and O–H groups in total. The minimum absolute atomic E-state index is 0.335. The second-order valence-corrected chi connectivity index (χ2v) is 5.69. The Kier molecular flexibility index (Phi) is 3.24. The number of hydrogen-bond donors (Lipinski definition) is 1. The van der Waals surface area contributed by atoms with Crippen LogP contribution >= 0.6 is 0 Å². The molecule has 1 aromatic carbocycles. The Morgan fingerprint density at radius 3 is 2.80 bits per heavy atom. The molecular weight excluding hydrogens is 252 g/mol. The van der Waals surface area contributed by atoms with Crippen molar-refractivity contribution in [2.45, 2.75) is 45.6 Å². The Morgan fingerprint density at radius 2 is 2.25 bits per heavy atom. The summed E-state index contributed by atoms with van der Waals surface area (Å²) in [6.45, 7) is 4.33. The summed E-state index contributed by atoms with van der Waals surface area (Å²) in [5.74, 6) is 0.877. The number of nitrogens with zero attached hydrogens (tertiary/aromatic N) is 2. The molecule has 0 aliphatic heterocycles. The van der Waals surface area contributed by atoms with E-state index in [1.165, 1.54) is 19.3 Å². The zero-order valence-corrected chi connectivity index (χ0v) is 12.0. The summed E-state index contributed by atoms with van der Waals surface area (Å²) in [4.78, 5) is 15.8. The number of carbonyl (C=O) groups is 1. The van der Waals surface area contributed by atoms with Crippen LogP contribution in [0.25, 0.3) is 11.0 Å². The number of aromatic nitrogens is 2. The summed E-state index contributed by atoms with van der Waals surface area (Å²) in [5, 5.41) is 9.17. The lowest BCUT2D eigenvalue weighted by molar-refractivity contribution is 0.0697. The Labute approximate surface area is 118 Å². The van der Waals surface area contributed by atoms with Crippen molar-refractivity contribution in [3.63, 3.8) is 0 Å². The van der Waals surface area contributed by atoms with Crippen LogP contribution in [0.3, 0.4) is 0 Å². The molecule has 20 heavy (non-hydrogen) atoms. The van der Waals surface area contributed by atoms with Gasteiger partial charge < -0.3 is 9.67 Å². The van der Waals surface area contributed by atoms with Gasteiger partial charge in [0.2, 0.25) is 0 Å². The van der Waals surface area contributed by atoms with E-state index in [1.807, 2.05) is 6.07 Å². The molecule has 4 nitrogen and oxygen atoms in total. The van der Waals surface area contributed by atoms with Crippen molar-refractivity contribution < 1.29 is 9.90 Å². The lowest BCUT2D eigenvalue weighted by atomic mass is 9.80. The molecule has 0 bridgehead atoms. The molecule has 1 heterocycles. The van der Waals surface area contributed by atoms with Gasteiger partial charge in [0.1, 0.15) is 5.82 Å². The molecule has 0 spiro atoms. The third-order valence-electron chi connectivity index (χ3n) is 4.57. The van der Waals surface area contributed by atoms with E-state index in [1.54, 1.807) is 12.1 Å². The predicted octanol–water partition coefficient (Wildman–Crippen LogP) is 3.66. The monoisotopic (exact) mass is 272 g/mol. The molecule has 1 aliphatic rings. The van der Waals surface area contributed by atoms with Gasteiger partial charge in [0.25, 0.3) is 0 Å². The number of aromatic carboxylic acids is 1. The minimum atomic E-state index is -0.881. The summed E-state index contributed by atoms with van der Waals surface area (Å²) in [6.07, 6.45) is 4.71. The SMILES string of the molecule is CCc1nc2ccc(C(=O)O)cc2n1C(C)C1CCC1. The highest BCUT2D eigenvalue weighted by atomic mass is 16.4. The summed E-state index contributed by atoms with van der Waals surface area (Å²) in [6, 6.07) is 5.61. The average Bonchev–Trinajstić information content (AvgIpc) is 2.73. The summed E-state index contributed by atoms with van der Waals surface area (Å²) in [7, 11) is 0. The summed E-state index contributed by atoms with van der Waals surface area (Å²) < 4.78 is 2.26. The Bertz CT molecular complexity index is 656. The number of hydrogen-bond acceptors (Lipinski definition) is 2. The highest BCUT2D eigenvalue weighted by Crippen LogP contribution is 2.38. The fourth-order valence-electron chi connectivity index (χ4n) is 3.11. The molecule has 0 amide bonds. The molecule has 1 fully saturated rings. The van der Waals surface area contributed by atoms with Crippen LogP contribution in [0.2, 0.25) is 0 Å². The Morgan fingerprint density at radius 1 is 1.50 bits per heavy atom. The predicted molar refractivity (Wildman–Crippen MR) is 78.1 cm³/mol. The first-order valence-corrected chi connectivity index (χ1v) is 7.36. The average molecular weight is 272 g/mol. The second-order valence-electron chi connectivity index (χ2n) is 5.69. The molecule has 4 heteroatoms. The maximum absolute atomic E-state index is 11.2. The van der Waals surface area contributed by atoms with Crippen molar-refractivity contribution in [3.8, 4) is 0 Å². The van der Waals surface area contributed by atoms with E-state index in [4.69, 9.17) is 0 Å². The standard InChI is InChI=1S/C16H20N2O2/c1-3-15-17-13-8-7-12(16(19)20)9-14(13)18(15)10(2)11-5-4-6-11/h7-11H,3-6H2,1-2H3,(H,19,20). The van der Waals surface area contributed by atoms with Gasteiger partial charge in [-0.1, -0.05) is 13.3 Å². The molecule has 1 aliphatic carbocycles. The number of carboxylic acid groups (broad SMARTS) is 1. The maximum Gasteiger partial charge on any atom is 0.335 e. The van der Waals surface area contributed by atoms with Crippen LogP contribution in [0.5, 0.6) is 0 Å². The first kappa shape index (κ1) is 13.2. The van der Waals surface area contributed by atoms with Gasteiger partial charge in [-0.25, -0.2) is 9.78 Å². The van der Waals surface area contributed by atoms with E-state index in [0.29, 0.717) is 17.5 Å². The van der Waals surface area contributed by atoms with Crippen molar-refractivity contribution >= 4 is 17.0 Å². The van der Waals surface area contributed by atoms with Crippen molar-refractivity contribution in [2.24, 2.45) is 5.92 Å². The number of imidazole rings is 1. The van der Waals surface area contributed by atoms with Gasteiger partial charge in [-0.2, -0.15) is 0 Å². The van der Waals surface area contributed by atoms with E-state index < -0.39 is 5.97 Å². The van der Waals surface area contributed by atoms with E-state index in [9.17, 15) is 9.90 Å². The van der Waals surface area contributed by atoms with E-state index in [2.05, 4.69) is 23.4 Å². The van der Waals surface area contributed by atoms with Gasteiger partial charge in [-0.15, -0.1) is 0 Å². The highest BCUT2D eigenvalue weighted by molar-refractivity contribution is 5.92.